The molecule has 2 heterocycles. The Balaban J connectivity index is 1.94. The van der Waals surface area contributed by atoms with Crippen molar-refractivity contribution in [3.05, 3.63) is 0 Å². The number of hydrogen-bond donors (Lipinski definition) is 1. The van der Waals surface area contributed by atoms with Crippen LogP contribution in [0.25, 0.3) is 0 Å². The van der Waals surface area contributed by atoms with E-state index in [-0.39, 0.29) is 0 Å². The highest BCUT2D eigenvalue weighted by Gasteiger charge is 2.44. The first-order valence-electron chi connectivity index (χ1n) is 6.25. The minimum absolute atomic E-state index is 0.493. The van der Waals surface area contributed by atoms with Crippen molar-refractivity contribution >= 4 is 0 Å². The van der Waals surface area contributed by atoms with Gasteiger partial charge >= 0.3 is 0 Å². The molecule has 0 radical (unpaired) electrons. The van der Waals surface area contributed by atoms with Gasteiger partial charge in [0.15, 0.2) is 0 Å². The van der Waals surface area contributed by atoms with E-state index in [9.17, 15) is 0 Å². The van der Waals surface area contributed by atoms with Gasteiger partial charge < -0.3 is 10.1 Å². The van der Waals surface area contributed by atoms with E-state index in [1.807, 2.05) is 0 Å². The summed E-state index contributed by atoms with van der Waals surface area (Å²) in [5.41, 5.74) is 0.493. The zero-order chi connectivity index (χ0) is 10.7. The summed E-state index contributed by atoms with van der Waals surface area (Å²) in [6, 6.07) is 0.673. The van der Waals surface area contributed by atoms with Crippen molar-refractivity contribution in [1.82, 2.24) is 10.2 Å². The SMILES string of the molecule is COCCC(C)N1CCCC12CCNC2. The van der Waals surface area contributed by atoms with Crippen molar-refractivity contribution in [3.8, 4) is 0 Å². The van der Waals surface area contributed by atoms with Gasteiger partial charge in [0.2, 0.25) is 0 Å². The third-order valence-electron chi connectivity index (χ3n) is 4.14. The van der Waals surface area contributed by atoms with E-state index < -0.39 is 0 Å². The predicted molar refractivity (Wildman–Crippen MR) is 62.1 cm³/mol. The van der Waals surface area contributed by atoms with E-state index in [4.69, 9.17) is 4.74 Å². The van der Waals surface area contributed by atoms with Crippen molar-refractivity contribution in [2.75, 3.05) is 33.4 Å². The van der Waals surface area contributed by atoms with E-state index in [0.29, 0.717) is 11.6 Å². The summed E-state index contributed by atoms with van der Waals surface area (Å²) in [5, 5.41) is 3.52. The minimum Gasteiger partial charge on any atom is -0.385 e. The lowest BCUT2D eigenvalue weighted by atomic mass is 9.93. The maximum Gasteiger partial charge on any atom is 0.0477 e. The molecule has 1 spiro atoms. The van der Waals surface area contributed by atoms with Crippen LogP contribution in [-0.4, -0.2) is 49.8 Å². The van der Waals surface area contributed by atoms with E-state index in [1.54, 1.807) is 7.11 Å². The highest BCUT2D eigenvalue weighted by atomic mass is 16.5. The molecule has 3 nitrogen and oxygen atoms in total. The fraction of sp³-hybridized carbons (Fsp3) is 1.00. The highest BCUT2D eigenvalue weighted by Crippen LogP contribution is 2.36. The number of nitrogens with zero attached hydrogens (tertiary/aromatic N) is 1. The predicted octanol–water partition coefficient (Wildman–Crippen LogP) is 1.24. The topological polar surface area (TPSA) is 24.5 Å². The van der Waals surface area contributed by atoms with Crippen LogP contribution in [0.2, 0.25) is 0 Å². The Morgan fingerprint density at radius 3 is 3.00 bits per heavy atom. The van der Waals surface area contributed by atoms with E-state index >= 15 is 0 Å². The molecule has 3 heteroatoms. The fourth-order valence-corrected chi connectivity index (χ4v) is 3.28. The molecule has 15 heavy (non-hydrogen) atoms. The second-order valence-corrected chi connectivity index (χ2v) is 5.08. The first-order chi connectivity index (χ1) is 7.28. The molecule has 2 fully saturated rings. The smallest absolute Gasteiger partial charge is 0.0477 e. The number of methoxy groups -OCH3 is 1. The number of likely N-dealkylation sites (tertiary alicyclic amines) is 1. The van der Waals surface area contributed by atoms with Crippen molar-refractivity contribution in [2.24, 2.45) is 0 Å². The van der Waals surface area contributed by atoms with Gasteiger partial charge in [-0.2, -0.15) is 0 Å². The summed E-state index contributed by atoms with van der Waals surface area (Å²) in [6.07, 6.45) is 5.26. The monoisotopic (exact) mass is 212 g/mol. The summed E-state index contributed by atoms with van der Waals surface area (Å²) < 4.78 is 5.18. The molecule has 0 amide bonds. The molecule has 0 aromatic rings. The molecule has 88 valence electrons. The van der Waals surface area contributed by atoms with Gasteiger partial charge in [-0.15, -0.1) is 0 Å². The average molecular weight is 212 g/mol. The molecule has 1 N–H and O–H groups in total. The molecule has 2 unspecified atom stereocenters. The van der Waals surface area contributed by atoms with Crippen LogP contribution in [0.4, 0.5) is 0 Å². The summed E-state index contributed by atoms with van der Waals surface area (Å²) >= 11 is 0. The van der Waals surface area contributed by atoms with Crippen LogP contribution in [0, 0.1) is 0 Å². The van der Waals surface area contributed by atoms with Gasteiger partial charge in [0.1, 0.15) is 0 Å². The standard InChI is InChI=1S/C12H24N2O/c1-11(4-9-15-2)14-8-3-5-12(14)6-7-13-10-12/h11,13H,3-10H2,1-2H3. The van der Waals surface area contributed by atoms with Gasteiger partial charge in [-0.25, -0.2) is 0 Å². The van der Waals surface area contributed by atoms with Crippen LogP contribution in [-0.2, 0) is 4.74 Å². The minimum atomic E-state index is 0.493. The second kappa shape index (κ2) is 4.81. The summed E-state index contributed by atoms with van der Waals surface area (Å²) in [4.78, 5) is 2.73. The van der Waals surface area contributed by atoms with Gasteiger partial charge in [0.05, 0.1) is 0 Å². The van der Waals surface area contributed by atoms with Crippen LogP contribution < -0.4 is 5.32 Å². The lowest BCUT2D eigenvalue weighted by molar-refractivity contribution is 0.0826. The zero-order valence-electron chi connectivity index (χ0n) is 10.1. The van der Waals surface area contributed by atoms with E-state index in [0.717, 1.165) is 13.0 Å². The van der Waals surface area contributed by atoms with Crippen molar-refractivity contribution in [2.45, 2.75) is 44.2 Å². The molecule has 2 aliphatic rings. The Morgan fingerprint density at radius 2 is 2.33 bits per heavy atom. The molecule has 0 aromatic heterocycles. The fourth-order valence-electron chi connectivity index (χ4n) is 3.28. The first-order valence-corrected chi connectivity index (χ1v) is 6.25. The number of nitrogens with one attached hydrogen (secondary N) is 1. The largest absolute Gasteiger partial charge is 0.385 e. The summed E-state index contributed by atoms with van der Waals surface area (Å²) in [5.74, 6) is 0. The number of hydrogen-bond acceptors (Lipinski definition) is 3. The second-order valence-electron chi connectivity index (χ2n) is 5.08. The van der Waals surface area contributed by atoms with Crippen molar-refractivity contribution < 1.29 is 4.74 Å². The van der Waals surface area contributed by atoms with Gasteiger partial charge in [-0.1, -0.05) is 0 Å². The zero-order valence-corrected chi connectivity index (χ0v) is 10.1. The van der Waals surface area contributed by atoms with E-state index in [2.05, 4.69) is 17.1 Å². The van der Waals surface area contributed by atoms with Gasteiger partial charge in [-0.3, -0.25) is 4.90 Å². The Morgan fingerprint density at radius 1 is 1.47 bits per heavy atom. The Kier molecular flexibility index (Phi) is 3.65. The maximum absolute atomic E-state index is 5.18. The lowest BCUT2D eigenvalue weighted by Crippen LogP contribution is -2.50. The summed E-state index contributed by atoms with van der Waals surface area (Å²) in [6.45, 7) is 6.93. The van der Waals surface area contributed by atoms with Crippen LogP contribution in [0.1, 0.15) is 32.6 Å². The quantitative estimate of drug-likeness (QED) is 0.759. The summed E-state index contributed by atoms with van der Waals surface area (Å²) in [7, 11) is 1.80. The van der Waals surface area contributed by atoms with Crippen LogP contribution in [0.3, 0.4) is 0 Å². The Hall–Kier alpha value is -0.120. The molecule has 0 aliphatic carbocycles. The van der Waals surface area contributed by atoms with Crippen molar-refractivity contribution in [3.63, 3.8) is 0 Å². The molecule has 0 aromatic carbocycles. The van der Waals surface area contributed by atoms with Gasteiger partial charge in [0, 0.05) is 31.8 Å². The van der Waals surface area contributed by atoms with Crippen LogP contribution in [0.5, 0.6) is 0 Å². The maximum atomic E-state index is 5.18. The highest BCUT2D eigenvalue weighted by molar-refractivity contribution is 5.02. The third-order valence-corrected chi connectivity index (χ3v) is 4.14. The number of rotatable bonds is 4. The normalized spacial score (nSPS) is 34.0. The molecule has 2 atom stereocenters. The van der Waals surface area contributed by atoms with Crippen LogP contribution in [0.15, 0.2) is 0 Å². The first kappa shape index (κ1) is 11.4. The van der Waals surface area contributed by atoms with Crippen molar-refractivity contribution in [1.29, 1.82) is 0 Å². The molecule has 0 saturated carbocycles. The molecular formula is C12H24N2O. The van der Waals surface area contributed by atoms with Gasteiger partial charge in [-0.05, 0) is 45.7 Å². The van der Waals surface area contributed by atoms with Crippen LogP contribution >= 0.6 is 0 Å². The van der Waals surface area contributed by atoms with E-state index in [1.165, 1.54) is 38.9 Å². The molecule has 2 aliphatic heterocycles. The average Bonchev–Trinajstić information content (AvgIpc) is 2.86. The Bertz CT molecular complexity index is 196. The molecule has 2 saturated heterocycles. The molecule has 2 rings (SSSR count). The molecular weight excluding hydrogens is 188 g/mol. The van der Waals surface area contributed by atoms with Gasteiger partial charge in [0.25, 0.3) is 0 Å². The Labute approximate surface area is 93.2 Å². The molecule has 0 bridgehead atoms. The lowest BCUT2D eigenvalue weighted by Gasteiger charge is -2.39. The third kappa shape index (κ3) is 2.19. The number of ether oxygens (including phenoxy) is 1.